The Labute approximate surface area is 129 Å². The molecule has 1 aromatic carbocycles. The van der Waals surface area contributed by atoms with E-state index in [4.69, 9.17) is 4.74 Å². The van der Waals surface area contributed by atoms with Crippen LogP contribution in [0.15, 0.2) is 30.3 Å². The van der Waals surface area contributed by atoms with Crippen LogP contribution in [0.1, 0.15) is 26.7 Å². The summed E-state index contributed by atoms with van der Waals surface area (Å²) in [5.41, 5.74) is 0.194. The first-order chi connectivity index (χ1) is 10.5. The van der Waals surface area contributed by atoms with E-state index >= 15 is 0 Å². The molecule has 0 radical (unpaired) electrons. The van der Waals surface area contributed by atoms with Gasteiger partial charge in [-0.1, -0.05) is 18.2 Å². The zero-order valence-electron chi connectivity index (χ0n) is 12.7. The standard InChI is InChI=1S/C16H20N2O4/c1-3-22-14(20)13-12(19)9-10-16(2)17(15(21)18(13)16)11-7-5-4-6-8-11/h4-8,12-13,19H,3,9-10H2,1-2H3. The second-order valence-corrected chi connectivity index (χ2v) is 5.84. The Balaban J connectivity index is 1.92. The molecule has 3 atom stereocenters. The minimum Gasteiger partial charge on any atom is -0.464 e. The molecule has 0 aromatic heterocycles. The molecule has 6 nitrogen and oxygen atoms in total. The van der Waals surface area contributed by atoms with Crippen LogP contribution in [0, 0.1) is 0 Å². The number of anilines is 1. The minimum absolute atomic E-state index is 0.225. The number of fused-ring (bicyclic) bond motifs is 1. The smallest absolute Gasteiger partial charge is 0.331 e. The van der Waals surface area contributed by atoms with E-state index in [-0.39, 0.29) is 12.6 Å². The number of nitrogens with zero attached hydrogens (tertiary/aromatic N) is 2. The topological polar surface area (TPSA) is 70.1 Å². The molecule has 2 amide bonds. The van der Waals surface area contributed by atoms with Gasteiger partial charge in [0.05, 0.1) is 12.7 Å². The van der Waals surface area contributed by atoms with Crippen LogP contribution in [0.3, 0.4) is 0 Å². The third-order valence-corrected chi connectivity index (χ3v) is 4.50. The van der Waals surface area contributed by atoms with E-state index in [2.05, 4.69) is 0 Å². The number of para-hydroxylation sites is 1. The molecule has 2 heterocycles. The van der Waals surface area contributed by atoms with Crippen molar-refractivity contribution in [2.45, 2.75) is 44.5 Å². The van der Waals surface area contributed by atoms with Gasteiger partial charge in [-0.25, -0.2) is 9.59 Å². The van der Waals surface area contributed by atoms with E-state index < -0.39 is 23.8 Å². The highest BCUT2D eigenvalue weighted by atomic mass is 16.5. The Bertz CT molecular complexity index is 591. The van der Waals surface area contributed by atoms with Gasteiger partial charge in [-0.15, -0.1) is 0 Å². The molecule has 3 rings (SSSR count). The number of rotatable bonds is 3. The fraction of sp³-hybridized carbons (Fsp3) is 0.500. The summed E-state index contributed by atoms with van der Waals surface area (Å²) >= 11 is 0. The molecule has 3 unspecified atom stereocenters. The third kappa shape index (κ3) is 1.98. The van der Waals surface area contributed by atoms with Crippen LogP contribution in [0.25, 0.3) is 0 Å². The van der Waals surface area contributed by atoms with Gasteiger partial charge in [-0.3, -0.25) is 9.80 Å². The maximum absolute atomic E-state index is 12.6. The number of amides is 2. The molecule has 2 aliphatic heterocycles. The van der Waals surface area contributed by atoms with Crippen molar-refractivity contribution in [3.8, 4) is 0 Å². The van der Waals surface area contributed by atoms with Gasteiger partial charge < -0.3 is 9.84 Å². The molecule has 1 N–H and O–H groups in total. The maximum Gasteiger partial charge on any atom is 0.331 e. The fourth-order valence-electron chi connectivity index (χ4n) is 3.44. The summed E-state index contributed by atoms with van der Waals surface area (Å²) in [5, 5.41) is 10.2. The van der Waals surface area contributed by atoms with Gasteiger partial charge >= 0.3 is 12.0 Å². The van der Waals surface area contributed by atoms with E-state index in [1.807, 2.05) is 37.3 Å². The molecule has 0 spiro atoms. The lowest BCUT2D eigenvalue weighted by Gasteiger charge is -2.63. The van der Waals surface area contributed by atoms with Crippen LogP contribution >= 0.6 is 0 Å². The number of hydrogen-bond donors (Lipinski definition) is 1. The molecule has 22 heavy (non-hydrogen) atoms. The van der Waals surface area contributed by atoms with Gasteiger partial charge in [0.15, 0.2) is 6.04 Å². The van der Waals surface area contributed by atoms with Crippen molar-refractivity contribution in [2.24, 2.45) is 0 Å². The van der Waals surface area contributed by atoms with Crippen LogP contribution in [0.5, 0.6) is 0 Å². The number of hydrogen-bond acceptors (Lipinski definition) is 4. The predicted molar refractivity (Wildman–Crippen MR) is 80.2 cm³/mol. The average Bonchev–Trinajstić information content (AvgIpc) is 2.50. The van der Waals surface area contributed by atoms with E-state index in [1.165, 1.54) is 4.90 Å². The SMILES string of the molecule is CCOC(=O)C1C(O)CCC2(C)N(c3ccccc3)C(=O)N12. The number of carbonyl (C=O) groups is 2. The second kappa shape index (κ2) is 5.28. The lowest BCUT2D eigenvalue weighted by atomic mass is 9.84. The van der Waals surface area contributed by atoms with Gasteiger partial charge in [0, 0.05) is 5.69 Å². The fourth-order valence-corrected chi connectivity index (χ4v) is 3.44. The molecule has 2 aliphatic rings. The summed E-state index contributed by atoms with van der Waals surface area (Å²) in [7, 11) is 0. The molecular weight excluding hydrogens is 284 g/mol. The van der Waals surface area contributed by atoms with Crippen molar-refractivity contribution in [1.82, 2.24) is 4.90 Å². The van der Waals surface area contributed by atoms with E-state index in [0.29, 0.717) is 12.8 Å². The number of urea groups is 1. The molecular formula is C16H20N2O4. The molecule has 118 valence electrons. The van der Waals surface area contributed by atoms with Gasteiger partial charge in [-0.2, -0.15) is 0 Å². The van der Waals surface area contributed by atoms with Crippen molar-refractivity contribution >= 4 is 17.7 Å². The monoisotopic (exact) mass is 304 g/mol. The van der Waals surface area contributed by atoms with Crippen LogP contribution in [0.4, 0.5) is 10.5 Å². The lowest BCUT2D eigenvalue weighted by Crippen LogP contribution is -2.82. The molecule has 2 saturated heterocycles. The highest BCUT2D eigenvalue weighted by Crippen LogP contribution is 2.46. The molecule has 0 aliphatic carbocycles. The summed E-state index contributed by atoms with van der Waals surface area (Å²) in [5.74, 6) is -0.540. The molecule has 0 bridgehead atoms. The average molecular weight is 304 g/mol. The zero-order chi connectivity index (χ0) is 15.9. The molecule has 6 heteroatoms. The number of esters is 1. The largest absolute Gasteiger partial charge is 0.464 e. The van der Waals surface area contributed by atoms with Gasteiger partial charge in [0.25, 0.3) is 0 Å². The number of piperidine rings is 1. The summed E-state index contributed by atoms with van der Waals surface area (Å²) in [6.45, 7) is 3.85. The van der Waals surface area contributed by atoms with Crippen LogP contribution in [-0.4, -0.2) is 46.4 Å². The highest BCUT2D eigenvalue weighted by Gasteiger charge is 2.63. The molecule has 2 fully saturated rings. The van der Waals surface area contributed by atoms with Gasteiger partial charge in [0.2, 0.25) is 0 Å². The number of carbonyl (C=O) groups excluding carboxylic acids is 2. The van der Waals surface area contributed by atoms with Crippen molar-refractivity contribution in [1.29, 1.82) is 0 Å². The van der Waals surface area contributed by atoms with Gasteiger partial charge in [0.1, 0.15) is 5.66 Å². The first-order valence-corrected chi connectivity index (χ1v) is 7.54. The quantitative estimate of drug-likeness (QED) is 0.863. The Morgan fingerprint density at radius 2 is 2.09 bits per heavy atom. The van der Waals surface area contributed by atoms with Crippen molar-refractivity contribution < 1.29 is 19.4 Å². The second-order valence-electron chi connectivity index (χ2n) is 5.84. The van der Waals surface area contributed by atoms with Crippen LogP contribution in [0.2, 0.25) is 0 Å². The first-order valence-electron chi connectivity index (χ1n) is 7.54. The number of aliphatic hydroxyl groups is 1. The Hall–Kier alpha value is -2.08. The lowest BCUT2D eigenvalue weighted by molar-refractivity contribution is -0.163. The van der Waals surface area contributed by atoms with Crippen molar-refractivity contribution in [3.05, 3.63) is 30.3 Å². The van der Waals surface area contributed by atoms with E-state index in [9.17, 15) is 14.7 Å². The predicted octanol–water partition coefficient (Wildman–Crippen LogP) is 1.73. The Morgan fingerprint density at radius 3 is 2.73 bits per heavy atom. The zero-order valence-corrected chi connectivity index (χ0v) is 12.7. The minimum atomic E-state index is -0.925. The number of aliphatic hydroxyl groups excluding tert-OH is 1. The van der Waals surface area contributed by atoms with Crippen molar-refractivity contribution in [2.75, 3.05) is 11.5 Å². The summed E-state index contributed by atoms with van der Waals surface area (Å²) in [6.07, 6.45) is 0.173. The molecule has 0 saturated carbocycles. The number of ether oxygens (including phenoxy) is 1. The third-order valence-electron chi connectivity index (χ3n) is 4.50. The Kier molecular flexibility index (Phi) is 3.56. The molecule has 1 aromatic rings. The van der Waals surface area contributed by atoms with Crippen LogP contribution < -0.4 is 4.90 Å². The first kappa shape index (κ1) is 14.8. The van der Waals surface area contributed by atoms with Crippen molar-refractivity contribution in [3.63, 3.8) is 0 Å². The normalized spacial score (nSPS) is 30.6. The number of benzene rings is 1. The van der Waals surface area contributed by atoms with E-state index in [1.54, 1.807) is 11.8 Å². The van der Waals surface area contributed by atoms with Crippen LogP contribution in [-0.2, 0) is 9.53 Å². The summed E-state index contributed by atoms with van der Waals surface area (Å²) in [6, 6.07) is 8.16. The highest BCUT2D eigenvalue weighted by molar-refractivity contribution is 6.03. The maximum atomic E-state index is 12.6. The summed E-state index contributed by atoms with van der Waals surface area (Å²) < 4.78 is 5.03. The summed E-state index contributed by atoms with van der Waals surface area (Å²) in [4.78, 5) is 27.9. The van der Waals surface area contributed by atoms with Gasteiger partial charge in [-0.05, 0) is 38.8 Å². The van der Waals surface area contributed by atoms with E-state index in [0.717, 1.165) is 5.69 Å². The Morgan fingerprint density at radius 1 is 1.41 bits per heavy atom.